The van der Waals surface area contributed by atoms with Crippen molar-refractivity contribution in [1.82, 2.24) is 5.32 Å². The Kier molecular flexibility index (Phi) is 4.68. The molecule has 0 saturated carbocycles. The molecule has 0 bridgehead atoms. The van der Waals surface area contributed by atoms with E-state index < -0.39 is 0 Å². The third kappa shape index (κ3) is 4.18. The second-order valence-corrected chi connectivity index (χ2v) is 4.80. The summed E-state index contributed by atoms with van der Waals surface area (Å²) in [5.41, 5.74) is 1.70. The molecule has 0 aliphatic heterocycles. The van der Waals surface area contributed by atoms with E-state index in [-0.39, 0.29) is 11.6 Å². The van der Waals surface area contributed by atoms with Crippen LogP contribution in [0.2, 0.25) is 0 Å². The number of hydrogen-bond donors (Lipinski definition) is 1. The van der Waals surface area contributed by atoms with Crippen molar-refractivity contribution in [3.8, 4) is 6.07 Å². The molecular weight excluding hydrogens is 212 g/mol. The summed E-state index contributed by atoms with van der Waals surface area (Å²) in [6.07, 6.45) is 0. The Morgan fingerprint density at radius 1 is 1.35 bits per heavy atom. The van der Waals surface area contributed by atoms with Gasteiger partial charge in [-0.25, -0.2) is 0 Å². The zero-order valence-corrected chi connectivity index (χ0v) is 10.9. The summed E-state index contributed by atoms with van der Waals surface area (Å²) in [5.74, 6) is 0. The van der Waals surface area contributed by atoms with Crippen molar-refractivity contribution < 1.29 is 4.74 Å². The fraction of sp³-hybridized carbons (Fsp3) is 0.500. The lowest BCUT2D eigenvalue weighted by atomic mass is 10.0. The van der Waals surface area contributed by atoms with Crippen molar-refractivity contribution in [3.63, 3.8) is 0 Å². The summed E-state index contributed by atoms with van der Waals surface area (Å²) in [6.45, 7) is 6.98. The van der Waals surface area contributed by atoms with E-state index >= 15 is 0 Å². The SMILES string of the molecule is COC(C)(C)CNC(C)c1ccc(C#N)cc1. The van der Waals surface area contributed by atoms with Crippen molar-refractivity contribution >= 4 is 0 Å². The number of benzene rings is 1. The van der Waals surface area contributed by atoms with E-state index in [1.165, 1.54) is 5.56 Å². The van der Waals surface area contributed by atoms with E-state index in [2.05, 4.69) is 18.3 Å². The topological polar surface area (TPSA) is 45.0 Å². The minimum absolute atomic E-state index is 0.166. The van der Waals surface area contributed by atoms with E-state index in [1.807, 2.05) is 38.1 Å². The highest BCUT2D eigenvalue weighted by molar-refractivity contribution is 5.32. The van der Waals surface area contributed by atoms with Crippen LogP contribution in [0.1, 0.15) is 37.9 Å². The van der Waals surface area contributed by atoms with Gasteiger partial charge in [-0.15, -0.1) is 0 Å². The highest BCUT2D eigenvalue weighted by atomic mass is 16.5. The highest BCUT2D eigenvalue weighted by Gasteiger charge is 2.17. The van der Waals surface area contributed by atoms with Gasteiger partial charge in [0.05, 0.1) is 17.2 Å². The van der Waals surface area contributed by atoms with Crippen LogP contribution in [0, 0.1) is 11.3 Å². The van der Waals surface area contributed by atoms with Gasteiger partial charge in [0.1, 0.15) is 0 Å². The largest absolute Gasteiger partial charge is 0.377 e. The maximum absolute atomic E-state index is 8.73. The monoisotopic (exact) mass is 232 g/mol. The van der Waals surface area contributed by atoms with Gasteiger partial charge in [-0.05, 0) is 38.5 Å². The van der Waals surface area contributed by atoms with E-state index in [1.54, 1.807) is 7.11 Å². The predicted octanol–water partition coefficient (Wildman–Crippen LogP) is 2.63. The third-order valence-electron chi connectivity index (χ3n) is 2.93. The zero-order chi connectivity index (χ0) is 12.9. The molecule has 1 N–H and O–H groups in total. The minimum atomic E-state index is -0.166. The Morgan fingerprint density at radius 3 is 2.41 bits per heavy atom. The van der Waals surface area contributed by atoms with Crippen LogP contribution in [-0.2, 0) is 4.74 Å². The number of nitrogens with zero attached hydrogens (tertiary/aromatic N) is 1. The molecule has 0 heterocycles. The normalized spacial score (nSPS) is 13.1. The number of hydrogen-bond acceptors (Lipinski definition) is 3. The van der Waals surface area contributed by atoms with Gasteiger partial charge in [0, 0.05) is 19.7 Å². The van der Waals surface area contributed by atoms with Crippen LogP contribution in [0.5, 0.6) is 0 Å². The molecule has 1 atom stereocenters. The molecule has 0 radical (unpaired) electrons. The molecule has 1 aromatic rings. The summed E-state index contributed by atoms with van der Waals surface area (Å²) in [7, 11) is 1.72. The smallest absolute Gasteiger partial charge is 0.0991 e. The molecule has 0 spiro atoms. The van der Waals surface area contributed by atoms with Crippen molar-refractivity contribution in [2.75, 3.05) is 13.7 Å². The van der Waals surface area contributed by atoms with Crippen LogP contribution in [0.15, 0.2) is 24.3 Å². The first-order valence-corrected chi connectivity index (χ1v) is 5.77. The first-order valence-electron chi connectivity index (χ1n) is 5.77. The van der Waals surface area contributed by atoms with Crippen LogP contribution in [0.4, 0.5) is 0 Å². The predicted molar refractivity (Wildman–Crippen MR) is 68.7 cm³/mol. The van der Waals surface area contributed by atoms with Gasteiger partial charge in [-0.2, -0.15) is 5.26 Å². The Balaban J connectivity index is 2.58. The molecule has 0 aliphatic carbocycles. The zero-order valence-electron chi connectivity index (χ0n) is 10.9. The fourth-order valence-electron chi connectivity index (χ4n) is 1.44. The summed E-state index contributed by atoms with van der Waals surface area (Å²) in [4.78, 5) is 0. The van der Waals surface area contributed by atoms with Gasteiger partial charge in [0.25, 0.3) is 0 Å². The molecule has 92 valence electrons. The fourth-order valence-corrected chi connectivity index (χ4v) is 1.44. The van der Waals surface area contributed by atoms with Crippen LogP contribution < -0.4 is 5.32 Å². The third-order valence-corrected chi connectivity index (χ3v) is 2.93. The number of ether oxygens (including phenoxy) is 1. The number of methoxy groups -OCH3 is 1. The highest BCUT2D eigenvalue weighted by Crippen LogP contribution is 2.14. The molecule has 1 rings (SSSR count). The lowest BCUT2D eigenvalue weighted by Crippen LogP contribution is -2.37. The molecule has 0 aliphatic rings. The average molecular weight is 232 g/mol. The summed E-state index contributed by atoms with van der Waals surface area (Å²) < 4.78 is 5.35. The molecule has 0 aromatic heterocycles. The summed E-state index contributed by atoms with van der Waals surface area (Å²) in [6, 6.07) is 10.0. The second-order valence-electron chi connectivity index (χ2n) is 4.80. The number of nitrogens with one attached hydrogen (secondary N) is 1. The van der Waals surface area contributed by atoms with Crippen molar-refractivity contribution in [2.45, 2.75) is 32.4 Å². The standard InChI is InChI=1S/C14H20N2O/c1-11(16-10-14(2,3)17-4)13-7-5-12(9-15)6-8-13/h5-8,11,16H,10H2,1-4H3. The number of rotatable bonds is 5. The molecular formula is C14H20N2O. The lowest BCUT2D eigenvalue weighted by Gasteiger charge is -2.26. The van der Waals surface area contributed by atoms with Crippen LogP contribution in [-0.4, -0.2) is 19.3 Å². The van der Waals surface area contributed by atoms with Crippen molar-refractivity contribution in [3.05, 3.63) is 35.4 Å². The van der Waals surface area contributed by atoms with Crippen molar-refractivity contribution in [1.29, 1.82) is 5.26 Å². The maximum Gasteiger partial charge on any atom is 0.0991 e. The van der Waals surface area contributed by atoms with E-state index in [9.17, 15) is 0 Å². The molecule has 17 heavy (non-hydrogen) atoms. The molecule has 0 saturated heterocycles. The minimum Gasteiger partial charge on any atom is -0.377 e. The molecule has 0 amide bonds. The van der Waals surface area contributed by atoms with Crippen LogP contribution in [0.3, 0.4) is 0 Å². The Hall–Kier alpha value is -1.37. The molecule has 3 nitrogen and oxygen atoms in total. The first kappa shape index (κ1) is 13.7. The Morgan fingerprint density at radius 2 is 1.94 bits per heavy atom. The maximum atomic E-state index is 8.73. The Bertz CT molecular complexity index is 390. The van der Waals surface area contributed by atoms with E-state index in [4.69, 9.17) is 10.00 Å². The van der Waals surface area contributed by atoms with Gasteiger partial charge in [-0.1, -0.05) is 12.1 Å². The molecule has 1 unspecified atom stereocenters. The summed E-state index contributed by atoms with van der Waals surface area (Å²) >= 11 is 0. The van der Waals surface area contributed by atoms with Gasteiger partial charge in [-0.3, -0.25) is 0 Å². The lowest BCUT2D eigenvalue weighted by molar-refractivity contribution is 0.0214. The second kappa shape index (κ2) is 5.81. The average Bonchev–Trinajstić information content (AvgIpc) is 2.36. The molecule has 0 fully saturated rings. The number of nitriles is 1. The van der Waals surface area contributed by atoms with Crippen LogP contribution in [0.25, 0.3) is 0 Å². The van der Waals surface area contributed by atoms with Crippen molar-refractivity contribution in [2.24, 2.45) is 0 Å². The Labute approximate surface area is 103 Å². The van der Waals surface area contributed by atoms with Gasteiger partial charge >= 0.3 is 0 Å². The molecule has 1 aromatic carbocycles. The van der Waals surface area contributed by atoms with Gasteiger partial charge in [0.2, 0.25) is 0 Å². The molecule has 3 heteroatoms. The van der Waals surface area contributed by atoms with Crippen LogP contribution >= 0.6 is 0 Å². The van der Waals surface area contributed by atoms with E-state index in [0.717, 1.165) is 6.54 Å². The first-order chi connectivity index (χ1) is 7.98. The van der Waals surface area contributed by atoms with Gasteiger partial charge in [0.15, 0.2) is 0 Å². The van der Waals surface area contributed by atoms with Gasteiger partial charge < -0.3 is 10.1 Å². The van der Waals surface area contributed by atoms with E-state index in [0.29, 0.717) is 5.56 Å². The summed E-state index contributed by atoms with van der Waals surface area (Å²) in [5, 5.41) is 12.1. The quantitative estimate of drug-likeness (QED) is 0.848.